The van der Waals surface area contributed by atoms with Gasteiger partial charge in [0, 0.05) is 20.2 Å². The Morgan fingerprint density at radius 1 is 1.20 bits per heavy atom. The first-order valence-corrected chi connectivity index (χ1v) is 5.92. The first-order valence-electron chi connectivity index (χ1n) is 5.55. The second-order valence-corrected chi connectivity index (χ2v) is 4.33. The smallest absolute Gasteiger partial charge is 0.287 e. The predicted molar refractivity (Wildman–Crippen MR) is 78.9 cm³/mol. The van der Waals surface area contributed by atoms with Crippen molar-refractivity contribution < 1.29 is 4.92 Å². The molecule has 0 aliphatic carbocycles. The number of hydrogen-bond donors (Lipinski definition) is 1. The molecule has 2 heterocycles. The third-order valence-corrected chi connectivity index (χ3v) is 2.38. The van der Waals surface area contributed by atoms with Crippen molar-refractivity contribution in [1.82, 2.24) is 9.97 Å². The van der Waals surface area contributed by atoms with Crippen LogP contribution >= 0.6 is 11.6 Å². The standard InChI is InChI=1S/C7H11N3.C5H3ClN2O2/c1-10(2)7-4-3-6(8)5-9-7;6-5-2-1-4(3-7-5)8(9)10/h3-5H,8H2,1-2H3;1-3H. The minimum absolute atomic E-state index is 0.0515. The van der Waals surface area contributed by atoms with E-state index in [1.165, 1.54) is 12.1 Å². The van der Waals surface area contributed by atoms with Gasteiger partial charge < -0.3 is 10.6 Å². The highest BCUT2D eigenvalue weighted by Gasteiger charge is 2.02. The van der Waals surface area contributed by atoms with Crippen LogP contribution in [0.3, 0.4) is 0 Å². The first-order chi connectivity index (χ1) is 9.40. The zero-order valence-corrected chi connectivity index (χ0v) is 11.8. The molecule has 2 N–H and O–H groups in total. The third kappa shape index (κ3) is 5.07. The fourth-order valence-electron chi connectivity index (χ4n) is 1.14. The molecule has 2 rings (SSSR count). The summed E-state index contributed by atoms with van der Waals surface area (Å²) < 4.78 is 0. The van der Waals surface area contributed by atoms with E-state index in [9.17, 15) is 10.1 Å². The van der Waals surface area contributed by atoms with Crippen LogP contribution in [0.4, 0.5) is 17.2 Å². The number of anilines is 2. The molecule has 7 nitrogen and oxygen atoms in total. The highest BCUT2D eigenvalue weighted by molar-refractivity contribution is 6.29. The Kier molecular flexibility index (Phi) is 5.67. The zero-order chi connectivity index (χ0) is 15.1. The maximum Gasteiger partial charge on any atom is 0.287 e. The lowest BCUT2D eigenvalue weighted by atomic mass is 10.4. The average Bonchev–Trinajstić information content (AvgIpc) is 2.40. The normalized spacial score (nSPS) is 9.35. The summed E-state index contributed by atoms with van der Waals surface area (Å²) in [6, 6.07) is 6.40. The fourth-order valence-corrected chi connectivity index (χ4v) is 1.25. The predicted octanol–water partition coefficient (Wildman–Crippen LogP) is 2.37. The third-order valence-electron chi connectivity index (χ3n) is 2.15. The van der Waals surface area contributed by atoms with E-state index in [-0.39, 0.29) is 10.8 Å². The van der Waals surface area contributed by atoms with Crippen molar-refractivity contribution in [2.75, 3.05) is 24.7 Å². The Labute approximate surface area is 121 Å². The van der Waals surface area contributed by atoms with Crippen LogP contribution in [0.15, 0.2) is 36.7 Å². The molecule has 106 valence electrons. The van der Waals surface area contributed by atoms with Crippen LogP contribution in [0.2, 0.25) is 5.15 Å². The van der Waals surface area contributed by atoms with Crippen molar-refractivity contribution in [3.8, 4) is 0 Å². The van der Waals surface area contributed by atoms with Gasteiger partial charge in [0.1, 0.15) is 17.2 Å². The van der Waals surface area contributed by atoms with E-state index in [0.29, 0.717) is 5.69 Å². The Morgan fingerprint density at radius 3 is 2.30 bits per heavy atom. The summed E-state index contributed by atoms with van der Waals surface area (Å²) in [4.78, 5) is 19.0. The number of halogens is 1. The molecule has 0 radical (unpaired) electrons. The van der Waals surface area contributed by atoms with E-state index < -0.39 is 4.92 Å². The van der Waals surface area contributed by atoms with Crippen LogP contribution < -0.4 is 10.6 Å². The summed E-state index contributed by atoms with van der Waals surface area (Å²) in [7, 11) is 3.89. The maximum atomic E-state index is 10.0. The summed E-state index contributed by atoms with van der Waals surface area (Å²) in [5, 5.41) is 10.3. The molecule has 0 aliphatic rings. The van der Waals surface area contributed by atoms with Gasteiger partial charge in [-0.05, 0) is 18.2 Å². The van der Waals surface area contributed by atoms with Crippen LogP contribution in [0, 0.1) is 10.1 Å². The Morgan fingerprint density at radius 2 is 1.90 bits per heavy atom. The van der Waals surface area contributed by atoms with Crippen LogP contribution in [0.25, 0.3) is 0 Å². The van der Waals surface area contributed by atoms with E-state index >= 15 is 0 Å². The maximum absolute atomic E-state index is 10.0. The quantitative estimate of drug-likeness (QED) is 0.519. The number of nitrogen functional groups attached to an aromatic ring is 1. The summed E-state index contributed by atoms with van der Waals surface area (Å²) in [6.07, 6.45) is 2.76. The minimum atomic E-state index is -0.524. The van der Waals surface area contributed by atoms with Gasteiger partial charge in [0.25, 0.3) is 5.69 Å². The molecule has 0 bridgehead atoms. The SMILES string of the molecule is CN(C)c1ccc(N)cn1.O=[N+]([O-])c1ccc(Cl)nc1. The number of nitrogens with two attached hydrogens (primary N) is 1. The monoisotopic (exact) mass is 295 g/mol. The lowest BCUT2D eigenvalue weighted by molar-refractivity contribution is -0.385. The molecule has 2 aromatic heterocycles. The number of nitro groups is 1. The van der Waals surface area contributed by atoms with Crippen molar-refractivity contribution in [3.63, 3.8) is 0 Å². The lowest BCUT2D eigenvalue weighted by Gasteiger charge is -2.09. The molecular weight excluding hydrogens is 282 g/mol. The van der Waals surface area contributed by atoms with Gasteiger partial charge in [-0.2, -0.15) is 0 Å². The lowest BCUT2D eigenvalue weighted by Crippen LogP contribution is -2.10. The van der Waals surface area contributed by atoms with Crippen molar-refractivity contribution in [1.29, 1.82) is 0 Å². The van der Waals surface area contributed by atoms with Gasteiger partial charge in [0.2, 0.25) is 0 Å². The van der Waals surface area contributed by atoms with Gasteiger partial charge in [-0.3, -0.25) is 10.1 Å². The second kappa shape index (κ2) is 7.25. The molecule has 0 aliphatic heterocycles. The van der Waals surface area contributed by atoms with E-state index in [0.717, 1.165) is 12.0 Å². The summed E-state index contributed by atoms with van der Waals surface area (Å²) in [5.74, 6) is 0.925. The molecule has 8 heteroatoms. The highest BCUT2D eigenvalue weighted by Crippen LogP contribution is 2.11. The molecule has 0 saturated carbocycles. The number of aromatic nitrogens is 2. The minimum Gasteiger partial charge on any atom is -0.397 e. The van der Waals surface area contributed by atoms with Gasteiger partial charge in [0.05, 0.1) is 16.8 Å². The molecule has 2 aromatic rings. The van der Waals surface area contributed by atoms with Crippen molar-refractivity contribution in [2.45, 2.75) is 0 Å². The zero-order valence-electron chi connectivity index (χ0n) is 11.0. The summed E-state index contributed by atoms with van der Waals surface area (Å²) in [5.41, 5.74) is 6.09. The van der Waals surface area contributed by atoms with Gasteiger partial charge >= 0.3 is 0 Å². The Bertz CT molecular complexity index is 557. The van der Waals surface area contributed by atoms with Crippen molar-refractivity contribution in [2.24, 2.45) is 0 Å². The van der Waals surface area contributed by atoms with Gasteiger partial charge in [-0.25, -0.2) is 9.97 Å². The Balaban J connectivity index is 0.000000200. The largest absolute Gasteiger partial charge is 0.397 e. The molecule has 0 unspecified atom stereocenters. The number of pyridine rings is 2. The van der Waals surface area contributed by atoms with Crippen molar-refractivity contribution >= 4 is 28.8 Å². The van der Waals surface area contributed by atoms with Crippen LogP contribution in [-0.4, -0.2) is 29.0 Å². The Hall–Kier alpha value is -2.41. The van der Waals surface area contributed by atoms with Gasteiger partial charge in [0.15, 0.2) is 0 Å². The topological polar surface area (TPSA) is 98.2 Å². The number of rotatable bonds is 2. The summed E-state index contributed by atoms with van der Waals surface area (Å²) >= 11 is 5.38. The summed E-state index contributed by atoms with van der Waals surface area (Å²) in [6.45, 7) is 0. The molecule has 0 amide bonds. The van der Waals surface area contributed by atoms with E-state index in [4.69, 9.17) is 17.3 Å². The fraction of sp³-hybridized carbons (Fsp3) is 0.167. The molecule has 0 aromatic carbocycles. The van der Waals surface area contributed by atoms with E-state index in [1.54, 1.807) is 6.20 Å². The van der Waals surface area contributed by atoms with Crippen LogP contribution in [0.5, 0.6) is 0 Å². The molecule has 0 saturated heterocycles. The van der Waals surface area contributed by atoms with Crippen LogP contribution in [-0.2, 0) is 0 Å². The first kappa shape index (κ1) is 15.6. The molecule has 20 heavy (non-hydrogen) atoms. The highest BCUT2D eigenvalue weighted by atomic mass is 35.5. The second-order valence-electron chi connectivity index (χ2n) is 3.94. The van der Waals surface area contributed by atoms with Crippen LogP contribution in [0.1, 0.15) is 0 Å². The van der Waals surface area contributed by atoms with Crippen molar-refractivity contribution in [3.05, 3.63) is 51.9 Å². The molecule has 0 atom stereocenters. The molecule has 0 spiro atoms. The van der Waals surface area contributed by atoms with E-state index in [2.05, 4.69) is 9.97 Å². The van der Waals surface area contributed by atoms with E-state index in [1.807, 2.05) is 31.1 Å². The average molecular weight is 296 g/mol. The molecule has 0 fully saturated rings. The number of nitrogens with zero attached hydrogens (tertiary/aromatic N) is 4. The molecular formula is C12H14ClN5O2. The van der Waals surface area contributed by atoms with Gasteiger partial charge in [-0.15, -0.1) is 0 Å². The number of hydrogen-bond acceptors (Lipinski definition) is 6. The van der Waals surface area contributed by atoms with Gasteiger partial charge in [-0.1, -0.05) is 11.6 Å².